The predicted octanol–water partition coefficient (Wildman–Crippen LogP) is 5.61. The maximum atomic E-state index is 12.5. The second kappa shape index (κ2) is 13.2. The maximum Gasteiger partial charge on any atom is 0.305 e. The third-order valence-electron chi connectivity index (χ3n) is 7.09. The number of carbonyl (C=O) groups excluding carboxylic acids is 2. The first kappa shape index (κ1) is 31.4. The molecule has 222 valence electrons. The van der Waals surface area contributed by atoms with E-state index in [2.05, 4.69) is 27.4 Å². The van der Waals surface area contributed by atoms with Gasteiger partial charge >= 0.3 is 11.9 Å². The molecule has 0 spiro atoms. The lowest BCUT2D eigenvalue weighted by atomic mass is 9.69. The zero-order valence-electron chi connectivity index (χ0n) is 24.9. The number of rotatable bonds is 11. The monoisotopic (exact) mass is 588 g/mol. The number of esters is 2. The fourth-order valence-electron chi connectivity index (χ4n) is 5.41. The normalized spacial score (nSPS) is 22.6. The molecule has 1 aliphatic heterocycles. The number of hydrogen-bond donors (Lipinski definition) is 0. The highest BCUT2D eigenvalue weighted by Crippen LogP contribution is 2.54. The van der Waals surface area contributed by atoms with Crippen molar-refractivity contribution in [3.63, 3.8) is 0 Å². The molecule has 1 aliphatic rings. The molecule has 0 saturated carbocycles. The summed E-state index contributed by atoms with van der Waals surface area (Å²) < 4.78 is 32.2. The van der Waals surface area contributed by atoms with Crippen molar-refractivity contribution >= 4 is 21.7 Å². The average Bonchev–Trinajstić information content (AvgIpc) is 3.25. The molecule has 1 saturated heterocycles. The van der Waals surface area contributed by atoms with Crippen LogP contribution in [0.15, 0.2) is 104 Å². The standard InChI is InChI=1S/C34H40O7Si/c1-7-33(34(41-42-32(4,5)6,27-19-13-9-14-20-27)28-21-15-10-16-22-28)30(37-23-26-17-11-8-12-18-26)29(38-24(2)35)31(40-33)39-25(3)36/h7-22,29-31H,1,23,42H2,2-6H3. The second-order valence-corrected chi connectivity index (χ2v) is 14.3. The predicted molar refractivity (Wildman–Crippen MR) is 163 cm³/mol. The molecule has 8 heteroatoms. The van der Waals surface area contributed by atoms with Crippen molar-refractivity contribution in [2.24, 2.45) is 0 Å². The smallest absolute Gasteiger partial charge is 0.305 e. The molecular weight excluding hydrogens is 548 g/mol. The van der Waals surface area contributed by atoms with E-state index < -0.39 is 51.4 Å². The van der Waals surface area contributed by atoms with E-state index in [-0.39, 0.29) is 11.6 Å². The summed E-state index contributed by atoms with van der Waals surface area (Å²) >= 11 is 0. The zero-order chi connectivity index (χ0) is 30.4. The molecule has 7 nitrogen and oxygen atoms in total. The average molecular weight is 589 g/mol. The number of ether oxygens (including phenoxy) is 4. The molecular formula is C34H40O7Si. The highest BCUT2D eigenvalue weighted by atomic mass is 28.2. The summed E-state index contributed by atoms with van der Waals surface area (Å²) in [7, 11) is -1.29. The Balaban J connectivity index is 2.02. The van der Waals surface area contributed by atoms with Crippen LogP contribution >= 0.6 is 0 Å². The highest BCUT2D eigenvalue weighted by molar-refractivity contribution is 6.32. The van der Waals surface area contributed by atoms with Crippen molar-refractivity contribution in [1.29, 1.82) is 0 Å². The van der Waals surface area contributed by atoms with Gasteiger partial charge in [-0.1, -0.05) is 124 Å². The number of carbonyl (C=O) groups is 2. The summed E-state index contributed by atoms with van der Waals surface area (Å²) in [5, 5.41) is -0.110. The van der Waals surface area contributed by atoms with Crippen LogP contribution in [0.5, 0.6) is 0 Å². The summed E-state index contributed by atoms with van der Waals surface area (Å²) in [6, 6.07) is 29.2. The van der Waals surface area contributed by atoms with Crippen LogP contribution in [0.25, 0.3) is 0 Å². The molecule has 4 atom stereocenters. The Labute approximate surface area is 250 Å². The van der Waals surface area contributed by atoms with Crippen LogP contribution in [0.4, 0.5) is 0 Å². The highest BCUT2D eigenvalue weighted by Gasteiger charge is 2.69. The lowest BCUT2D eigenvalue weighted by molar-refractivity contribution is -0.219. The van der Waals surface area contributed by atoms with Crippen molar-refractivity contribution in [2.75, 3.05) is 0 Å². The fraction of sp³-hybridized carbons (Fsp3) is 0.353. The Kier molecular flexibility index (Phi) is 9.84. The topological polar surface area (TPSA) is 80.3 Å². The van der Waals surface area contributed by atoms with E-state index in [0.717, 1.165) is 16.7 Å². The summed E-state index contributed by atoms with van der Waals surface area (Å²) in [4.78, 5) is 24.8. The molecule has 0 amide bonds. The Morgan fingerprint density at radius 1 is 0.857 bits per heavy atom. The SMILES string of the molecule is C=CC1(C(O[SiH2]C(C)(C)C)(c2ccccc2)c2ccccc2)OC(OC(C)=O)C(OC(C)=O)C1OCc1ccccc1. The van der Waals surface area contributed by atoms with E-state index in [1.54, 1.807) is 6.08 Å². The summed E-state index contributed by atoms with van der Waals surface area (Å²) in [6.07, 6.45) is -1.73. The Bertz CT molecular complexity index is 1300. The van der Waals surface area contributed by atoms with Gasteiger partial charge in [0.1, 0.15) is 11.7 Å². The van der Waals surface area contributed by atoms with E-state index in [4.69, 9.17) is 23.4 Å². The van der Waals surface area contributed by atoms with Crippen molar-refractivity contribution in [3.05, 3.63) is 120 Å². The van der Waals surface area contributed by atoms with Crippen molar-refractivity contribution < 1.29 is 33.0 Å². The maximum absolute atomic E-state index is 12.5. The molecule has 4 unspecified atom stereocenters. The fourth-order valence-corrected chi connectivity index (χ4v) is 6.62. The van der Waals surface area contributed by atoms with Gasteiger partial charge < -0.3 is 23.4 Å². The van der Waals surface area contributed by atoms with Gasteiger partial charge in [-0.25, -0.2) is 0 Å². The summed E-state index contributed by atoms with van der Waals surface area (Å²) in [5.74, 6) is -1.15. The minimum absolute atomic E-state index is 0.110. The third-order valence-corrected chi connectivity index (χ3v) is 8.54. The van der Waals surface area contributed by atoms with Crippen LogP contribution in [-0.4, -0.2) is 45.8 Å². The van der Waals surface area contributed by atoms with E-state index in [9.17, 15) is 9.59 Å². The van der Waals surface area contributed by atoms with Crippen LogP contribution in [0.3, 0.4) is 0 Å². The van der Waals surface area contributed by atoms with Crippen molar-refractivity contribution in [3.8, 4) is 0 Å². The third kappa shape index (κ3) is 6.57. The lowest BCUT2D eigenvalue weighted by Crippen LogP contribution is -2.61. The van der Waals surface area contributed by atoms with Gasteiger partial charge in [-0.3, -0.25) is 9.59 Å². The van der Waals surface area contributed by atoms with E-state index in [1.807, 2.05) is 91.0 Å². The molecule has 0 N–H and O–H groups in total. The number of hydrogen-bond acceptors (Lipinski definition) is 7. The Morgan fingerprint density at radius 2 is 1.36 bits per heavy atom. The largest absolute Gasteiger partial charge is 0.453 e. The van der Waals surface area contributed by atoms with Gasteiger partial charge in [-0.2, -0.15) is 0 Å². The molecule has 1 heterocycles. The van der Waals surface area contributed by atoms with Gasteiger partial charge in [0, 0.05) is 13.8 Å². The van der Waals surface area contributed by atoms with Crippen LogP contribution in [-0.2, 0) is 45.2 Å². The van der Waals surface area contributed by atoms with Gasteiger partial charge in [0.2, 0.25) is 6.29 Å². The minimum Gasteiger partial charge on any atom is -0.453 e. The van der Waals surface area contributed by atoms with Crippen LogP contribution in [0.1, 0.15) is 51.3 Å². The van der Waals surface area contributed by atoms with E-state index >= 15 is 0 Å². The van der Waals surface area contributed by atoms with Gasteiger partial charge in [0.05, 0.1) is 6.61 Å². The Hall–Kier alpha value is -3.56. The molecule has 0 aromatic heterocycles. The molecule has 3 aromatic rings. The van der Waals surface area contributed by atoms with Gasteiger partial charge in [-0.05, 0) is 21.7 Å². The minimum atomic E-state index is -1.51. The van der Waals surface area contributed by atoms with Crippen LogP contribution in [0.2, 0.25) is 5.04 Å². The first-order valence-electron chi connectivity index (χ1n) is 14.1. The van der Waals surface area contributed by atoms with Gasteiger partial charge in [0.25, 0.3) is 0 Å². The summed E-state index contributed by atoms with van der Waals surface area (Å²) in [5.41, 5.74) is -0.325. The van der Waals surface area contributed by atoms with E-state index in [1.165, 1.54) is 13.8 Å². The second-order valence-electron chi connectivity index (χ2n) is 11.6. The Morgan fingerprint density at radius 3 is 1.81 bits per heavy atom. The molecule has 3 aromatic carbocycles. The van der Waals surface area contributed by atoms with Crippen molar-refractivity contribution in [1.82, 2.24) is 0 Å². The van der Waals surface area contributed by atoms with E-state index in [0.29, 0.717) is 0 Å². The molecule has 42 heavy (non-hydrogen) atoms. The first-order chi connectivity index (χ1) is 20.0. The first-order valence-corrected chi connectivity index (χ1v) is 15.4. The zero-order valence-corrected chi connectivity index (χ0v) is 26.4. The molecule has 0 radical (unpaired) electrons. The van der Waals surface area contributed by atoms with Crippen LogP contribution < -0.4 is 0 Å². The quantitative estimate of drug-likeness (QED) is 0.164. The molecule has 0 aliphatic carbocycles. The van der Waals surface area contributed by atoms with Crippen LogP contribution in [0, 0.1) is 0 Å². The molecule has 1 fully saturated rings. The van der Waals surface area contributed by atoms with Gasteiger partial charge in [-0.15, -0.1) is 0 Å². The molecule has 4 rings (SSSR count). The van der Waals surface area contributed by atoms with Crippen molar-refractivity contribution in [2.45, 2.75) is 76.0 Å². The number of benzene rings is 3. The van der Waals surface area contributed by atoms with Gasteiger partial charge in [0.15, 0.2) is 21.5 Å². The summed E-state index contributed by atoms with van der Waals surface area (Å²) in [6.45, 7) is 13.4. The lowest BCUT2D eigenvalue weighted by Gasteiger charge is -2.50. The molecule has 0 bridgehead atoms.